The monoisotopic (exact) mass is 929 g/mol. The molecule has 59 heavy (non-hydrogen) atoms. The lowest BCUT2D eigenvalue weighted by atomic mass is 9.87. The summed E-state index contributed by atoms with van der Waals surface area (Å²) in [6.07, 6.45) is -6.99. The third-order valence-electron chi connectivity index (χ3n) is 7.79. The fourth-order valence-corrected chi connectivity index (χ4v) is 7.67. The van der Waals surface area contributed by atoms with Crippen molar-refractivity contribution in [1.29, 1.82) is 0 Å². The number of anilines is 1. The van der Waals surface area contributed by atoms with Gasteiger partial charge in [0.2, 0.25) is 11.8 Å². The van der Waals surface area contributed by atoms with Gasteiger partial charge in [0.25, 0.3) is 0 Å². The molecule has 2 aromatic heterocycles. The Bertz CT molecular complexity index is 1900. The van der Waals surface area contributed by atoms with Crippen LogP contribution in [-0.2, 0) is 55.5 Å². The number of phosphoric ester groups is 3. The maximum Gasteiger partial charge on any atom is 0.481 e. The Morgan fingerprint density at radius 1 is 1.02 bits per heavy atom. The number of aromatic nitrogens is 4. The first-order valence-electron chi connectivity index (χ1n) is 16.8. The molecular formula is C27H46N7O21P3S. The average molecular weight is 930 g/mol. The fraction of sp³-hybridized carbons (Fsp3) is 0.667. The number of imidazole rings is 1. The first kappa shape index (κ1) is 51.9. The van der Waals surface area contributed by atoms with Gasteiger partial charge in [-0.05, 0) is 6.42 Å². The fourth-order valence-electron chi connectivity index (χ4n) is 4.73. The topological polar surface area (TPSA) is 441 Å². The Hall–Kier alpha value is -3.21. The van der Waals surface area contributed by atoms with Crippen molar-refractivity contribution >= 4 is 76.8 Å². The van der Waals surface area contributed by atoms with E-state index in [1.54, 1.807) is 0 Å². The number of nitrogens with zero attached hydrogens (tertiary/aromatic N) is 4. The Morgan fingerprint density at radius 2 is 1.66 bits per heavy atom. The van der Waals surface area contributed by atoms with Crippen molar-refractivity contribution in [3.8, 4) is 0 Å². The van der Waals surface area contributed by atoms with E-state index < -0.39 is 103 Å². The predicted octanol–water partition coefficient (Wildman–Crippen LogP) is -2.12. The van der Waals surface area contributed by atoms with Crippen LogP contribution in [0.4, 0.5) is 5.82 Å². The number of aliphatic hydroxyl groups excluding tert-OH is 3. The van der Waals surface area contributed by atoms with Crippen molar-refractivity contribution in [3.05, 3.63) is 12.7 Å². The molecule has 1 aliphatic heterocycles. The van der Waals surface area contributed by atoms with Crippen LogP contribution in [0.5, 0.6) is 0 Å². The SMILES string of the molecule is CC(C)(COP(=O)(O)OP(=O)(O)OC[C@H]1O[C@@H](n2cnc3c(N)ncnc32)[C@H](O)[C@@H]1OP(=O)(O)O)[C@@H](O)C(=O)NCCC(=O)NCCS.O=C(O)CCC(CO)C(=O)O. The number of carbonyl (C=O) groups excluding carboxylic acids is 2. The molecule has 3 rings (SSSR count). The van der Waals surface area contributed by atoms with Crippen molar-refractivity contribution in [1.82, 2.24) is 30.2 Å². The van der Waals surface area contributed by atoms with Gasteiger partial charge in [-0.25, -0.2) is 28.6 Å². The maximum atomic E-state index is 12.6. The van der Waals surface area contributed by atoms with E-state index in [-0.39, 0.29) is 48.7 Å². The number of thiol groups is 1. The zero-order chi connectivity index (χ0) is 44.9. The number of rotatable bonds is 23. The molecule has 8 atom stereocenters. The highest BCUT2D eigenvalue weighted by atomic mass is 32.1. The van der Waals surface area contributed by atoms with Gasteiger partial charge in [-0.3, -0.25) is 37.3 Å². The second kappa shape index (κ2) is 22.6. The summed E-state index contributed by atoms with van der Waals surface area (Å²) in [5.41, 5.74) is 4.30. The summed E-state index contributed by atoms with van der Waals surface area (Å²) in [7, 11) is -16.3. The lowest BCUT2D eigenvalue weighted by molar-refractivity contribution is -0.144. The molecule has 3 heterocycles. The molecule has 28 nitrogen and oxygen atoms in total. The standard InChI is InChI=1S/C21H36N7O16P3S.C6H10O5/c1-21(2,16(31)19(32)24-4-3-12(29)23-5-6-48)8-41-47(38,39)44-46(36,37)40-7-11-15(43-45(33,34)35)14(30)20(42-11)28-10-27-13-17(22)25-9-26-18(13)28;7-3-4(6(10)11)1-2-5(8)9/h9-11,14-16,20,30-31,48H,3-8H2,1-2H3,(H,23,29)(H,24,32)(H,36,37)(H,38,39)(H2,22,25,26)(H2,33,34,35);4,7H,1-3H2,(H,8,9)(H,10,11)/t11-,14-,15-,16+,20-;/m1./s1. The van der Waals surface area contributed by atoms with E-state index in [0.29, 0.717) is 12.3 Å². The largest absolute Gasteiger partial charge is 0.481 e. The van der Waals surface area contributed by atoms with E-state index in [1.165, 1.54) is 13.8 Å². The van der Waals surface area contributed by atoms with Crippen molar-refractivity contribution in [2.24, 2.45) is 11.3 Å². The molecule has 13 N–H and O–H groups in total. The molecular weight excluding hydrogens is 883 g/mol. The molecule has 336 valence electrons. The summed E-state index contributed by atoms with van der Waals surface area (Å²) in [4.78, 5) is 94.8. The van der Waals surface area contributed by atoms with Crippen LogP contribution in [0.1, 0.15) is 39.3 Å². The second-order valence-corrected chi connectivity index (χ2v) is 17.6. The number of nitrogens with two attached hydrogens (primary N) is 1. The van der Waals surface area contributed by atoms with Gasteiger partial charge >= 0.3 is 35.4 Å². The van der Waals surface area contributed by atoms with Gasteiger partial charge in [0.1, 0.15) is 36.3 Å². The van der Waals surface area contributed by atoms with E-state index in [1.807, 2.05) is 0 Å². The Kier molecular flexibility index (Phi) is 19.9. The first-order valence-corrected chi connectivity index (χ1v) is 21.9. The van der Waals surface area contributed by atoms with Gasteiger partial charge in [0.15, 0.2) is 17.7 Å². The Balaban J connectivity index is 0.000000951. The number of carbonyl (C=O) groups is 4. The molecule has 2 aromatic rings. The highest BCUT2D eigenvalue weighted by Gasteiger charge is 2.50. The lowest BCUT2D eigenvalue weighted by Gasteiger charge is -2.30. The smallest absolute Gasteiger partial charge is 0.481 e. The lowest BCUT2D eigenvalue weighted by Crippen LogP contribution is -2.46. The highest BCUT2D eigenvalue weighted by molar-refractivity contribution is 7.80. The van der Waals surface area contributed by atoms with Crippen LogP contribution in [-0.4, -0.2) is 151 Å². The summed E-state index contributed by atoms with van der Waals surface area (Å²) >= 11 is 3.95. The highest BCUT2D eigenvalue weighted by Crippen LogP contribution is 2.61. The summed E-state index contributed by atoms with van der Waals surface area (Å²) < 4.78 is 61.7. The number of nitrogen functional groups attached to an aromatic ring is 1. The Morgan fingerprint density at radius 3 is 2.24 bits per heavy atom. The van der Waals surface area contributed by atoms with Crippen molar-refractivity contribution in [2.45, 2.75) is 63.8 Å². The predicted molar refractivity (Wildman–Crippen MR) is 199 cm³/mol. The van der Waals surface area contributed by atoms with E-state index in [0.717, 1.165) is 17.2 Å². The summed E-state index contributed by atoms with van der Waals surface area (Å²) in [6.45, 7) is 0.212. The number of ether oxygens (including phenoxy) is 1. The number of amides is 2. The van der Waals surface area contributed by atoms with Gasteiger partial charge in [-0.2, -0.15) is 16.9 Å². The van der Waals surface area contributed by atoms with Crippen LogP contribution < -0.4 is 16.4 Å². The molecule has 0 aromatic carbocycles. The van der Waals surface area contributed by atoms with E-state index in [2.05, 4.69) is 47.0 Å². The first-order chi connectivity index (χ1) is 27.2. The minimum absolute atomic E-state index is 0.0266. The average Bonchev–Trinajstić information content (AvgIpc) is 3.69. The molecule has 32 heteroatoms. The van der Waals surface area contributed by atoms with Gasteiger partial charge in [0.05, 0.1) is 32.1 Å². The maximum absolute atomic E-state index is 12.6. The molecule has 3 unspecified atom stereocenters. The van der Waals surface area contributed by atoms with Crippen molar-refractivity contribution in [3.63, 3.8) is 0 Å². The molecule has 0 saturated carbocycles. The molecule has 0 radical (unpaired) electrons. The third-order valence-corrected chi connectivity index (χ3v) is 11.1. The normalized spacial score (nSPS) is 21.3. The number of carboxylic acid groups (broad SMARTS) is 2. The number of hydrogen-bond donors (Lipinski definition) is 13. The number of aliphatic hydroxyl groups is 3. The molecule has 0 aliphatic carbocycles. The van der Waals surface area contributed by atoms with Crippen LogP contribution >= 0.6 is 36.1 Å². The molecule has 2 amide bonds. The van der Waals surface area contributed by atoms with Crippen molar-refractivity contribution < 1.29 is 101 Å². The van der Waals surface area contributed by atoms with Crippen LogP contribution in [0.15, 0.2) is 12.7 Å². The zero-order valence-corrected chi connectivity index (χ0v) is 34.6. The summed E-state index contributed by atoms with van der Waals surface area (Å²) in [6, 6.07) is 0. The number of hydrogen-bond acceptors (Lipinski definition) is 20. The number of phosphoric acid groups is 3. The zero-order valence-electron chi connectivity index (χ0n) is 31.1. The molecule has 0 bridgehead atoms. The van der Waals surface area contributed by atoms with Gasteiger partial charge in [-0.1, -0.05) is 13.8 Å². The van der Waals surface area contributed by atoms with E-state index in [4.69, 9.17) is 34.8 Å². The quantitative estimate of drug-likeness (QED) is 0.0418. The van der Waals surface area contributed by atoms with E-state index >= 15 is 0 Å². The Labute approximate surface area is 339 Å². The molecule has 0 spiro atoms. The van der Waals surface area contributed by atoms with Gasteiger partial charge < -0.3 is 66.2 Å². The van der Waals surface area contributed by atoms with Gasteiger partial charge in [0, 0.05) is 37.1 Å². The van der Waals surface area contributed by atoms with Crippen molar-refractivity contribution in [2.75, 3.05) is 44.4 Å². The number of fused-ring (bicyclic) bond motifs is 1. The van der Waals surface area contributed by atoms with Crippen LogP contribution in [0.25, 0.3) is 11.2 Å². The summed E-state index contributed by atoms with van der Waals surface area (Å²) in [5, 5.41) is 51.0. The summed E-state index contributed by atoms with van der Waals surface area (Å²) in [5.74, 6) is -4.11. The van der Waals surface area contributed by atoms with E-state index in [9.17, 15) is 62.7 Å². The molecule has 1 saturated heterocycles. The minimum atomic E-state index is -5.54. The number of nitrogens with one attached hydrogen (secondary N) is 2. The number of carboxylic acids is 2. The molecule has 1 aliphatic rings. The second-order valence-electron chi connectivity index (χ2n) is 12.9. The van der Waals surface area contributed by atoms with Crippen LogP contribution in [0.3, 0.4) is 0 Å². The molecule has 1 fully saturated rings. The minimum Gasteiger partial charge on any atom is -0.481 e. The van der Waals surface area contributed by atoms with Gasteiger partial charge in [-0.15, -0.1) is 0 Å². The third kappa shape index (κ3) is 17.0. The van der Waals surface area contributed by atoms with Crippen LogP contribution in [0, 0.1) is 11.3 Å². The van der Waals surface area contributed by atoms with Crippen LogP contribution in [0.2, 0.25) is 0 Å². The number of aliphatic carboxylic acids is 2.